The summed E-state index contributed by atoms with van der Waals surface area (Å²) in [6.07, 6.45) is 10.6. The van der Waals surface area contributed by atoms with Crippen LogP contribution in [0.15, 0.2) is 53.6 Å². The number of ether oxygens (including phenoxy) is 1. The normalized spacial score (nSPS) is 19.3. The first kappa shape index (κ1) is 44.4. The van der Waals surface area contributed by atoms with Crippen molar-refractivity contribution >= 4 is 63.4 Å². The SMILES string of the molecule is CCN(C)SNc1ccc(F)c(Oc2ccc3ncn(C4CC5(CCN(C6CC7(CCN(c8cc9c(cc8F)c(N(C)CCC(=O)NC=O)nn9C)CC7)C6)CC5)C4)c(=O)c3c2)c1C#N. The second-order valence-electron chi connectivity index (χ2n) is 18.6. The summed E-state index contributed by atoms with van der Waals surface area (Å²) in [4.78, 5) is 47.6. The highest BCUT2D eigenvalue weighted by atomic mass is 32.2. The van der Waals surface area contributed by atoms with Gasteiger partial charge in [-0.25, -0.2) is 18.1 Å². The van der Waals surface area contributed by atoms with Gasteiger partial charge in [-0.15, -0.1) is 0 Å². The predicted molar refractivity (Wildman–Crippen MR) is 248 cm³/mol. The van der Waals surface area contributed by atoms with Crippen LogP contribution in [-0.4, -0.2) is 100 Å². The fourth-order valence-electron chi connectivity index (χ4n) is 10.6. The molecule has 18 heteroatoms. The number of anilines is 3. The lowest BCUT2D eigenvalue weighted by Crippen LogP contribution is -2.58. The van der Waals surface area contributed by atoms with Crippen molar-refractivity contribution in [3.63, 3.8) is 0 Å². The molecule has 4 fully saturated rings. The van der Waals surface area contributed by atoms with Gasteiger partial charge in [0.15, 0.2) is 17.4 Å². The zero-order valence-electron chi connectivity index (χ0n) is 37.3. The number of nitrogens with zero attached hydrogens (tertiary/aromatic N) is 9. The lowest BCUT2D eigenvalue weighted by atomic mass is 9.57. The summed E-state index contributed by atoms with van der Waals surface area (Å²) in [5, 5.41) is 17.8. The van der Waals surface area contributed by atoms with Crippen LogP contribution >= 0.6 is 12.1 Å². The molecule has 0 bridgehead atoms. The number of benzene rings is 3. The summed E-state index contributed by atoms with van der Waals surface area (Å²) in [6.45, 7) is 6.80. The van der Waals surface area contributed by atoms with Crippen molar-refractivity contribution in [1.29, 1.82) is 5.26 Å². The molecular formula is C47H55F2N11O4S. The summed E-state index contributed by atoms with van der Waals surface area (Å²) in [5.41, 5.74) is 2.75. The summed E-state index contributed by atoms with van der Waals surface area (Å²) in [6, 6.07) is 13.8. The van der Waals surface area contributed by atoms with Gasteiger partial charge >= 0.3 is 0 Å². The minimum Gasteiger partial charge on any atom is -0.453 e. The van der Waals surface area contributed by atoms with E-state index in [9.17, 15) is 19.6 Å². The molecule has 2 aromatic heterocycles. The first-order valence-corrected chi connectivity index (χ1v) is 23.2. The molecule has 0 atom stereocenters. The van der Waals surface area contributed by atoms with E-state index < -0.39 is 5.82 Å². The number of nitriles is 1. The van der Waals surface area contributed by atoms with Crippen molar-refractivity contribution in [3.05, 3.63) is 76.3 Å². The zero-order valence-corrected chi connectivity index (χ0v) is 38.1. The first-order valence-electron chi connectivity index (χ1n) is 22.5. The zero-order chi connectivity index (χ0) is 45.6. The number of piperidine rings is 2. The summed E-state index contributed by atoms with van der Waals surface area (Å²) >= 11 is 1.29. The number of amides is 2. The van der Waals surface area contributed by atoms with Gasteiger partial charge in [-0.3, -0.25) is 28.9 Å². The molecule has 4 heterocycles. The maximum atomic E-state index is 15.8. The largest absolute Gasteiger partial charge is 0.453 e. The fraction of sp³-hybridized carbons (Fsp3) is 0.489. The molecule has 2 amide bonds. The minimum absolute atomic E-state index is 0.0316. The Hall–Kier alpha value is -5.77. The topological polar surface area (TPSA) is 157 Å². The van der Waals surface area contributed by atoms with Crippen LogP contribution in [0.2, 0.25) is 0 Å². The molecule has 2 saturated heterocycles. The molecule has 2 aliphatic carbocycles. The van der Waals surface area contributed by atoms with Crippen molar-refractivity contribution in [2.24, 2.45) is 17.9 Å². The van der Waals surface area contributed by atoms with Crippen molar-refractivity contribution in [2.75, 3.05) is 67.9 Å². The van der Waals surface area contributed by atoms with Gasteiger partial charge in [0, 0.05) is 76.3 Å². The molecule has 9 rings (SSSR count). The van der Waals surface area contributed by atoms with Gasteiger partial charge in [0.25, 0.3) is 5.56 Å². The monoisotopic (exact) mass is 907 g/mol. The van der Waals surface area contributed by atoms with E-state index in [0.717, 1.165) is 76.8 Å². The Morgan fingerprint density at radius 2 is 1.69 bits per heavy atom. The van der Waals surface area contributed by atoms with Gasteiger partial charge in [0.2, 0.25) is 12.3 Å². The van der Waals surface area contributed by atoms with Gasteiger partial charge in [-0.2, -0.15) is 10.4 Å². The third-order valence-corrected chi connectivity index (χ3v) is 15.6. The van der Waals surface area contributed by atoms with Crippen LogP contribution in [0.5, 0.6) is 11.5 Å². The summed E-state index contributed by atoms with van der Waals surface area (Å²) in [7, 11) is 5.54. The highest BCUT2D eigenvalue weighted by molar-refractivity contribution is 7.98. The second kappa shape index (κ2) is 17.9. The highest BCUT2D eigenvalue weighted by Gasteiger charge is 2.52. The number of imide groups is 1. The molecule has 2 spiro atoms. The molecule has 0 unspecified atom stereocenters. The summed E-state index contributed by atoms with van der Waals surface area (Å²) in [5.74, 6) is -0.710. The molecule has 3 aromatic carbocycles. The molecule has 15 nitrogen and oxygen atoms in total. The van der Waals surface area contributed by atoms with E-state index in [-0.39, 0.29) is 52.2 Å². The fourth-order valence-corrected chi connectivity index (χ4v) is 11.2. The van der Waals surface area contributed by atoms with Crippen LogP contribution in [0.1, 0.15) is 76.3 Å². The van der Waals surface area contributed by atoms with Crippen LogP contribution in [0.3, 0.4) is 0 Å². The Morgan fingerprint density at radius 3 is 2.38 bits per heavy atom. The van der Waals surface area contributed by atoms with Gasteiger partial charge in [-0.05, 0) is 125 Å². The van der Waals surface area contributed by atoms with E-state index in [1.54, 1.807) is 51.8 Å². The molecule has 2 N–H and O–H groups in total. The van der Waals surface area contributed by atoms with E-state index in [1.165, 1.54) is 37.1 Å². The Kier molecular flexibility index (Phi) is 12.2. The minimum atomic E-state index is -0.678. The number of likely N-dealkylation sites (tertiary alicyclic amines) is 1. The van der Waals surface area contributed by atoms with E-state index in [1.807, 2.05) is 31.4 Å². The number of halogens is 2. The van der Waals surface area contributed by atoms with Gasteiger partial charge < -0.3 is 24.2 Å². The highest BCUT2D eigenvalue weighted by Crippen LogP contribution is 2.57. The first-order chi connectivity index (χ1) is 31.3. The molecule has 342 valence electrons. The number of hydrogen-bond donors (Lipinski definition) is 2. The second-order valence-corrected chi connectivity index (χ2v) is 19.6. The summed E-state index contributed by atoms with van der Waals surface area (Å²) < 4.78 is 45.4. The number of rotatable bonds is 14. The number of carbonyl (C=O) groups excluding carboxylic acids is 2. The van der Waals surface area contributed by atoms with Crippen molar-refractivity contribution < 1.29 is 23.1 Å². The van der Waals surface area contributed by atoms with Crippen LogP contribution in [0.4, 0.5) is 26.0 Å². The smallest absolute Gasteiger partial charge is 0.261 e. The quantitative estimate of drug-likeness (QED) is 0.0859. The van der Waals surface area contributed by atoms with Gasteiger partial charge in [0.05, 0.1) is 34.1 Å². The third-order valence-electron chi connectivity index (χ3n) is 14.7. The lowest BCUT2D eigenvalue weighted by Gasteiger charge is -2.59. The Labute approximate surface area is 380 Å². The third kappa shape index (κ3) is 8.61. The van der Waals surface area contributed by atoms with Crippen molar-refractivity contribution in [2.45, 2.75) is 76.8 Å². The number of carbonyl (C=O) groups is 2. The van der Waals surface area contributed by atoms with E-state index >= 15 is 8.78 Å². The number of hydrogen-bond acceptors (Lipinski definition) is 13. The van der Waals surface area contributed by atoms with Crippen LogP contribution < -0.4 is 30.1 Å². The van der Waals surface area contributed by atoms with Gasteiger partial charge in [0.1, 0.15) is 23.2 Å². The van der Waals surface area contributed by atoms with Crippen molar-refractivity contribution in [1.82, 2.24) is 33.9 Å². The Morgan fingerprint density at radius 1 is 0.985 bits per heavy atom. The van der Waals surface area contributed by atoms with Crippen LogP contribution in [-0.2, 0) is 16.6 Å². The molecular weight excluding hydrogens is 853 g/mol. The van der Waals surface area contributed by atoms with Gasteiger partial charge in [-0.1, -0.05) is 6.92 Å². The van der Waals surface area contributed by atoms with E-state index in [0.29, 0.717) is 57.9 Å². The number of aromatic nitrogens is 4. The number of aryl methyl sites for hydroxylation is 1. The molecule has 5 aromatic rings. The number of fused-ring (bicyclic) bond motifs is 2. The Bertz CT molecular complexity index is 2720. The average Bonchev–Trinajstić information content (AvgIpc) is 3.61. The predicted octanol–water partition coefficient (Wildman–Crippen LogP) is 7.12. The molecule has 65 heavy (non-hydrogen) atoms. The standard InChI is InChI=1S/C47H55F2N11O4S/c1-5-56(3)65-54-39-9-7-36(48)43(35(39)27-50)64-32-6-8-38-33(20-32)45(63)60(28-51-38)31-25-47(26-31)11-16-58(17-12-47)30-23-46(24-30)13-18-59(19-14-46)41-22-40-34(21-37(41)49)44(53-57(40)4)55(2)15-10-42(62)52-29-61/h6-9,20-22,28-31,54H,5,10-19,23-26H2,1-4H3,(H,52,61,62). The molecule has 0 radical (unpaired) electrons. The number of nitrogens with one attached hydrogen (secondary N) is 2. The molecule has 4 aliphatic rings. The van der Waals surface area contributed by atoms with E-state index in [2.05, 4.69) is 36.0 Å². The average molecular weight is 908 g/mol. The maximum Gasteiger partial charge on any atom is 0.261 e. The lowest BCUT2D eigenvalue weighted by molar-refractivity contribution is -0.125. The Balaban J connectivity index is 0.773. The van der Waals surface area contributed by atoms with Crippen LogP contribution in [0.25, 0.3) is 21.8 Å². The maximum absolute atomic E-state index is 15.8. The van der Waals surface area contributed by atoms with Crippen molar-refractivity contribution in [3.8, 4) is 17.6 Å². The van der Waals surface area contributed by atoms with E-state index in [4.69, 9.17) is 4.74 Å². The molecule has 2 saturated carbocycles. The van der Waals surface area contributed by atoms with Crippen LogP contribution in [0, 0.1) is 33.8 Å². The molecule has 2 aliphatic heterocycles.